The largest absolute Gasteiger partial charge is 0.335 e. The van der Waals surface area contributed by atoms with E-state index >= 15 is 0 Å². The lowest BCUT2D eigenvalue weighted by Crippen LogP contribution is -2.44. The van der Waals surface area contributed by atoms with Gasteiger partial charge in [-0.2, -0.15) is 0 Å². The molecule has 1 saturated heterocycles. The van der Waals surface area contributed by atoms with E-state index in [9.17, 15) is 4.79 Å². The summed E-state index contributed by atoms with van der Waals surface area (Å²) in [6.07, 6.45) is 3.16. The van der Waals surface area contributed by atoms with E-state index in [0.29, 0.717) is 10.8 Å². The van der Waals surface area contributed by atoms with Gasteiger partial charge in [0.15, 0.2) is 0 Å². The summed E-state index contributed by atoms with van der Waals surface area (Å²) in [5.41, 5.74) is 0.826. The van der Waals surface area contributed by atoms with Crippen molar-refractivity contribution in [3.63, 3.8) is 0 Å². The van der Waals surface area contributed by atoms with E-state index in [2.05, 4.69) is 28.8 Å². The molecule has 1 fully saturated rings. The Morgan fingerprint density at radius 2 is 2.35 bits per heavy atom. The summed E-state index contributed by atoms with van der Waals surface area (Å²) < 4.78 is 3.93. The Bertz CT molecular complexity index is 440. The maximum absolute atomic E-state index is 12.7. The number of amides is 1. The molecule has 0 aliphatic carbocycles. The molecule has 112 valence electrons. The fourth-order valence-electron chi connectivity index (χ4n) is 2.62. The maximum Gasteiger partial charge on any atom is 0.267 e. The van der Waals surface area contributed by atoms with Gasteiger partial charge in [0.2, 0.25) is 0 Å². The van der Waals surface area contributed by atoms with E-state index in [4.69, 9.17) is 0 Å². The summed E-state index contributed by atoms with van der Waals surface area (Å²) in [4.78, 5) is 15.4. The molecule has 1 aromatic heterocycles. The molecule has 1 aromatic rings. The van der Waals surface area contributed by atoms with Crippen molar-refractivity contribution in [2.75, 3.05) is 19.6 Å². The molecule has 2 rings (SSSR count). The molecule has 0 aromatic carbocycles. The number of rotatable bonds is 5. The third-order valence-electron chi connectivity index (χ3n) is 3.82. The average Bonchev–Trinajstić information content (AvgIpc) is 2.93. The highest BCUT2D eigenvalue weighted by atomic mass is 32.1. The first-order valence-corrected chi connectivity index (χ1v) is 8.23. The van der Waals surface area contributed by atoms with E-state index in [1.165, 1.54) is 24.4 Å². The summed E-state index contributed by atoms with van der Waals surface area (Å²) in [7, 11) is 0. The second-order valence-corrected chi connectivity index (χ2v) is 6.42. The number of nitrogens with zero attached hydrogens (tertiary/aromatic N) is 3. The SMILES string of the molecule is CCc1nnsc1C(=O)N(CC1CCCNC1)C(C)C. The van der Waals surface area contributed by atoms with Gasteiger partial charge in [-0.3, -0.25) is 4.79 Å². The van der Waals surface area contributed by atoms with Crippen molar-refractivity contribution >= 4 is 17.4 Å². The highest BCUT2D eigenvalue weighted by molar-refractivity contribution is 7.08. The topological polar surface area (TPSA) is 58.1 Å². The van der Waals surface area contributed by atoms with Crippen LogP contribution in [0.3, 0.4) is 0 Å². The van der Waals surface area contributed by atoms with Gasteiger partial charge in [-0.05, 0) is 63.6 Å². The molecular weight excluding hydrogens is 272 g/mol. The van der Waals surface area contributed by atoms with Crippen LogP contribution >= 0.6 is 11.5 Å². The normalized spacial score (nSPS) is 19.3. The first kappa shape index (κ1) is 15.4. The molecule has 0 radical (unpaired) electrons. The zero-order chi connectivity index (χ0) is 14.5. The number of aryl methyl sites for hydroxylation is 1. The fraction of sp³-hybridized carbons (Fsp3) is 0.786. The molecule has 6 heteroatoms. The van der Waals surface area contributed by atoms with Gasteiger partial charge in [-0.15, -0.1) is 5.10 Å². The number of hydrogen-bond donors (Lipinski definition) is 1. The predicted octanol–water partition coefficient (Wildman–Crippen LogP) is 1.95. The average molecular weight is 296 g/mol. The molecule has 1 unspecified atom stereocenters. The minimum absolute atomic E-state index is 0.0948. The van der Waals surface area contributed by atoms with Gasteiger partial charge in [0, 0.05) is 12.6 Å². The van der Waals surface area contributed by atoms with Gasteiger partial charge in [-0.1, -0.05) is 11.4 Å². The number of aromatic nitrogens is 2. The Morgan fingerprint density at radius 1 is 1.55 bits per heavy atom. The van der Waals surface area contributed by atoms with Crippen molar-refractivity contribution in [1.29, 1.82) is 0 Å². The first-order valence-electron chi connectivity index (χ1n) is 7.46. The quantitative estimate of drug-likeness (QED) is 0.902. The van der Waals surface area contributed by atoms with E-state index in [0.717, 1.165) is 31.7 Å². The summed E-state index contributed by atoms with van der Waals surface area (Å²) in [5, 5.41) is 7.47. The predicted molar refractivity (Wildman–Crippen MR) is 81.1 cm³/mol. The molecule has 1 aliphatic heterocycles. The lowest BCUT2D eigenvalue weighted by Gasteiger charge is -2.32. The molecule has 1 amide bonds. The molecular formula is C14H24N4OS. The highest BCUT2D eigenvalue weighted by Gasteiger charge is 2.26. The van der Waals surface area contributed by atoms with Crippen LogP contribution in [0.25, 0.3) is 0 Å². The van der Waals surface area contributed by atoms with Crippen LogP contribution in [0.2, 0.25) is 0 Å². The van der Waals surface area contributed by atoms with Crippen LogP contribution in [0.4, 0.5) is 0 Å². The van der Waals surface area contributed by atoms with Crippen molar-refractivity contribution in [2.24, 2.45) is 5.92 Å². The minimum Gasteiger partial charge on any atom is -0.335 e. The van der Waals surface area contributed by atoms with E-state index < -0.39 is 0 Å². The summed E-state index contributed by atoms with van der Waals surface area (Å²) in [6.45, 7) is 9.11. The van der Waals surface area contributed by atoms with Gasteiger partial charge in [0.25, 0.3) is 5.91 Å². The van der Waals surface area contributed by atoms with Crippen LogP contribution in [0.5, 0.6) is 0 Å². The molecule has 0 bridgehead atoms. The molecule has 1 atom stereocenters. The summed E-state index contributed by atoms with van der Waals surface area (Å²) in [6, 6.07) is 0.205. The number of hydrogen-bond acceptors (Lipinski definition) is 5. The number of carbonyl (C=O) groups excluding carboxylic acids is 1. The van der Waals surface area contributed by atoms with Gasteiger partial charge in [0.05, 0.1) is 5.69 Å². The van der Waals surface area contributed by atoms with E-state index in [1.807, 2.05) is 11.8 Å². The molecule has 5 nitrogen and oxygen atoms in total. The standard InChI is InChI=1S/C14H24N4OS/c1-4-12-13(20-17-16-12)14(19)18(10(2)3)9-11-6-5-7-15-8-11/h10-11,15H,4-9H2,1-3H3. The molecule has 0 saturated carbocycles. The first-order chi connectivity index (χ1) is 9.63. The van der Waals surface area contributed by atoms with Gasteiger partial charge >= 0.3 is 0 Å². The van der Waals surface area contributed by atoms with E-state index in [-0.39, 0.29) is 11.9 Å². The third kappa shape index (κ3) is 3.55. The van der Waals surface area contributed by atoms with Crippen LogP contribution in [-0.2, 0) is 6.42 Å². The second kappa shape index (κ2) is 7.13. The molecule has 20 heavy (non-hydrogen) atoms. The maximum atomic E-state index is 12.7. The van der Waals surface area contributed by atoms with Crippen molar-refractivity contribution in [2.45, 2.75) is 46.1 Å². The van der Waals surface area contributed by atoms with Gasteiger partial charge in [0.1, 0.15) is 4.88 Å². The molecule has 1 N–H and O–H groups in total. The lowest BCUT2D eigenvalue weighted by molar-refractivity contribution is 0.0664. The Labute approximate surface area is 124 Å². The number of nitrogens with one attached hydrogen (secondary N) is 1. The van der Waals surface area contributed by atoms with Crippen LogP contribution in [0, 0.1) is 5.92 Å². The highest BCUT2D eigenvalue weighted by Crippen LogP contribution is 2.19. The van der Waals surface area contributed by atoms with Gasteiger partial charge < -0.3 is 10.2 Å². The summed E-state index contributed by atoms with van der Waals surface area (Å²) >= 11 is 1.22. The van der Waals surface area contributed by atoms with Crippen molar-refractivity contribution in [1.82, 2.24) is 19.8 Å². The Hall–Kier alpha value is -1.01. The van der Waals surface area contributed by atoms with Crippen LogP contribution in [-0.4, -0.2) is 46.1 Å². The zero-order valence-electron chi connectivity index (χ0n) is 12.6. The smallest absolute Gasteiger partial charge is 0.267 e. The Morgan fingerprint density at radius 3 is 2.95 bits per heavy atom. The molecule has 2 heterocycles. The monoisotopic (exact) mass is 296 g/mol. The number of piperidine rings is 1. The van der Waals surface area contributed by atoms with E-state index in [1.54, 1.807) is 0 Å². The molecule has 0 spiro atoms. The lowest BCUT2D eigenvalue weighted by atomic mass is 9.98. The van der Waals surface area contributed by atoms with Crippen molar-refractivity contribution < 1.29 is 4.79 Å². The van der Waals surface area contributed by atoms with Crippen molar-refractivity contribution in [3.8, 4) is 0 Å². The fourth-order valence-corrected chi connectivity index (χ4v) is 3.33. The zero-order valence-corrected chi connectivity index (χ0v) is 13.4. The van der Waals surface area contributed by atoms with Crippen LogP contribution in [0.15, 0.2) is 0 Å². The Balaban J connectivity index is 2.09. The molecule has 1 aliphatic rings. The van der Waals surface area contributed by atoms with Crippen molar-refractivity contribution in [3.05, 3.63) is 10.6 Å². The Kier molecular flexibility index (Phi) is 5.48. The van der Waals surface area contributed by atoms with Gasteiger partial charge in [-0.25, -0.2) is 0 Å². The second-order valence-electron chi connectivity index (χ2n) is 5.67. The minimum atomic E-state index is 0.0948. The van der Waals surface area contributed by atoms with Crippen LogP contribution in [0.1, 0.15) is 49.0 Å². The number of carbonyl (C=O) groups is 1. The third-order valence-corrected chi connectivity index (χ3v) is 4.58. The summed E-state index contributed by atoms with van der Waals surface area (Å²) in [5.74, 6) is 0.651. The van der Waals surface area contributed by atoms with Crippen LogP contribution < -0.4 is 5.32 Å².